The number of hydrogen-bond acceptors (Lipinski definition) is 1. The lowest BCUT2D eigenvalue weighted by atomic mass is 10.1. The average molecular weight is 172 g/mol. The first kappa shape index (κ1) is 9.57. The molecule has 1 unspecified atom stereocenters. The molecule has 0 fully saturated rings. The first-order valence-corrected chi connectivity index (χ1v) is 4.17. The van der Waals surface area contributed by atoms with Crippen LogP contribution in [0.25, 0.3) is 6.08 Å². The highest BCUT2D eigenvalue weighted by atomic mass is 16.3. The number of aliphatic hydroxyl groups excluding tert-OH is 1. The van der Waals surface area contributed by atoms with Gasteiger partial charge in [-0.15, -0.1) is 12.3 Å². The summed E-state index contributed by atoms with van der Waals surface area (Å²) in [5, 5.41) is 9.28. The molecule has 0 heterocycles. The number of benzene rings is 1. The smallest absolute Gasteiger partial charge is 0.0833 e. The Morgan fingerprint density at radius 1 is 1.38 bits per heavy atom. The van der Waals surface area contributed by atoms with Crippen molar-refractivity contribution in [2.75, 3.05) is 0 Å². The number of terminal acetylenes is 1. The molecule has 1 rings (SSSR count). The van der Waals surface area contributed by atoms with Crippen molar-refractivity contribution in [2.45, 2.75) is 12.5 Å². The van der Waals surface area contributed by atoms with Gasteiger partial charge < -0.3 is 5.11 Å². The third-order valence-corrected chi connectivity index (χ3v) is 1.64. The van der Waals surface area contributed by atoms with Crippen LogP contribution >= 0.6 is 0 Å². The molecular weight excluding hydrogens is 160 g/mol. The molecule has 1 aromatic carbocycles. The van der Waals surface area contributed by atoms with Gasteiger partial charge in [0.2, 0.25) is 0 Å². The fourth-order valence-electron chi connectivity index (χ4n) is 0.975. The Balaban J connectivity index is 2.55. The molecule has 0 spiro atoms. The van der Waals surface area contributed by atoms with Crippen LogP contribution in [0.15, 0.2) is 36.4 Å². The van der Waals surface area contributed by atoms with Gasteiger partial charge in [0.25, 0.3) is 0 Å². The maximum atomic E-state index is 9.28. The van der Waals surface area contributed by atoms with Gasteiger partial charge in [0, 0.05) is 6.42 Å². The van der Waals surface area contributed by atoms with E-state index in [1.54, 1.807) is 6.08 Å². The molecule has 0 bridgehead atoms. The van der Waals surface area contributed by atoms with Gasteiger partial charge in [0.15, 0.2) is 0 Å². The van der Waals surface area contributed by atoms with Gasteiger partial charge in [0.1, 0.15) is 0 Å². The molecule has 1 atom stereocenters. The van der Waals surface area contributed by atoms with E-state index in [1.165, 1.54) is 0 Å². The topological polar surface area (TPSA) is 20.2 Å². The lowest BCUT2D eigenvalue weighted by Gasteiger charge is -1.98. The summed E-state index contributed by atoms with van der Waals surface area (Å²) in [6.45, 7) is 0. The quantitative estimate of drug-likeness (QED) is 0.692. The molecule has 0 saturated carbocycles. The second kappa shape index (κ2) is 5.18. The van der Waals surface area contributed by atoms with Crippen LogP contribution in [-0.2, 0) is 0 Å². The normalized spacial score (nSPS) is 12.6. The van der Waals surface area contributed by atoms with Crippen molar-refractivity contribution in [3.05, 3.63) is 42.0 Å². The number of rotatable bonds is 3. The summed E-state index contributed by atoms with van der Waals surface area (Å²) < 4.78 is 0. The Bertz CT molecular complexity index is 306. The van der Waals surface area contributed by atoms with Crippen molar-refractivity contribution in [1.82, 2.24) is 0 Å². The molecule has 0 radical (unpaired) electrons. The summed E-state index contributed by atoms with van der Waals surface area (Å²) in [4.78, 5) is 0. The number of aliphatic hydroxyl groups is 1. The molecule has 66 valence electrons. The predicted octanol–water partition coefficient (Wildman–Crippen LogP) is 2.08. The number of hydrogen-bond donors (Lipinski definition) is 1. The van der Waals surface area contributed by atoms with Crippen molar-refractivity contribution in [3.8, 4) is 12.3 Å². The summed E-state index contributed by atoms with van der Waals surface area (Å²) in [6.07, 6.45) is 8.45. The zero-order valence-electron chi connectivity index (χ0n) is 7.35. The van der Waals surface area contributed by atoms with Crippen molar-refractivity contribution in [3.63, 3.8) is 0 Å². The van der Waals surface area contributed by atoms with E-state index in [0.717, 1.165) is 5.56 Å². The summed E-state index contributed by atoms with van der Waals surface area (Å²) in [6, 6.07) is 9.80. The lowest BCUT2D eigenvalue weighted by molar-refractivity contribution is 0.230. The third kappa shape index (κ3) is 3.59. The predicted molar refractivity (Wildman–Crippen MR) is 54.9 cm³/mol. The molecular formula is C12H12O. The van der Waals surface area contributed by atoms with E-state index in [9.17, 15) is 5.11 Å². The minimum atomic E-state index is -0.537. The molecule has 0 saturated heterocycles. The van der Waals surface area contributed by atoms with E-state index in [2.05, 4.69) is 5.92 Å². The van der Waals surface area contributed by atoms with Gasteiger partial charge in [-0.05, 0) is 5.56 Å². The van der Waals surface area contributed by atoms with E-state index >= 15 is 0 Å². The summed E-state index contributed by atoms with van der Waals surface area (Å²) in [5.74, 6) is 2.40. The molecule has 0 aliphatic carbocycles. The van der Waals surface area contributed by atoms with Gasteiger partial charge in [-0.25, -0.2) is 0 Å². The highest BCUT2D eigenvalue weighted by Gasteiger charge is 1.93. The van der Waals surface area contributed by atoms with Gasteiger partial charge in [0.05, 0.1) is 6.10 Å². The van der Waals surface area contributed by atoms with Gasteiger partial charge in [-0.3, -0.25) is 0 Å². The second-order valence-corrected chi connectivity index (χ2v) is 2.75. The molecule has 0 aliphatic heterocycles. The van der Waals surface area contributed by atoms with Crippen molar-refractivity contribution in [1.29, 1.82) is 0 Å². The molecule has 1 nitrogen and oxygen atoms in total. The Morgan fingerprint density at radius 3 is 2.69 bits per heavy atom. The lowest BCUT2D eigenvalue weighted by Crippen LogP contribution is -1.98. The van der Waals surface area contributed by atoms with E-state index in [0.29, 0.717) is 6.42 Å². The van der Waals surface area contributed by atoms with Crippen LogP contribution in [0.3, 0.4) is 0 Å². The van der Waals surface area contributed by atoms with Crippen molar-refractivity contribution >= 4 is 6.08 Å². The van der Waals surface area contributed by atoms with Gasteiger partial charge in [-0.1, -0.05) is 42.5 Å². The monoisotopic (exact) mass is 172 g/mol. The third-order valence-electron chi connectivity index (χ3n) is 1.64. The first-order valence-electron chi connectivity index (χ1n) is 4.17. The molecule has 0 aliphatic rings. The minimum Gasteiger partial charge on any atom is -0.388 e. The molecule has 0 aromatic heterocycles. The van der Waals surface area contributed by atoms with Crippen LogP contribution in [0.5, 0.6) is 0 Å². The molecule has 13 heavy (non-hydrogen) atoms. The summed E-state index contributed by atoms with van der Waals surface area (Å²) in [7, 11) is 0. The fourth-order valence-corrected chi connectivity index (χ4v) is 0.975. The zero-order valence-corrected chi connectivity index (χ0v) is 7.35. The van der Waals surface area contributed by atoms with Crippen LogP contribution in [0.2, 0.25) is 0 Å². The van der Waals surface area contributed by atoms with E-state index in [4.69, 9.17) is 6.42 Å². The summed E-state index contributed by atoms with van der Waals surface area (Å²) in [5.41, 5.74) is 1.07. The fraction of sp³-hybridized carbons (Fsp3) is 0.167. The molecule has 1 aromatic rings. The van der Waals surface area contributed by atoms with Gasteiger partial charge >= 0.3 is 0 Å². The van der Waals surface area contributed by atoms with Crippen LogP contribution in [0.1, 0.15) is 12.0 Å². The summed E-state index contributed by atoms with van der Waals surface area (Å²) >= 11 is 0. The van der Waals surface area contributed by atoms with Crippen LogP contribution in [0, 0.1) is 12.3 Å². The highest BCUT2D eigenvalue weighted by molar-refractivity contribution is 5.49. The zero-order chi connectivity index (χ0) is 9.52. The second-order valence-electron chi connectivity index (χ2n) is 2.75. The van der Waals surface area contributed by atoms with Crippen molar-refractivity contribution in [2.24, 2.45) is 0 Å². The van der Waals surface area contributed by atoms with Crippen LogP contribution in [0.4, 0.5) is 0 Å². The minimum absolute atomic E-state index is 0.364. The van der Waals surface area contributed by atoms with E-state index in [-0.39, 0.29) is 0 Å². The standard InChI is InChI=1S/C12H12O/c1-2-6-12(13)10-9-11-7-4-3-5-8-11/h1,3-5,7-10,12-13H,6H2/b10-9+. The largest absolute Gasteiger partial charge is 0.388 e. The molecule has 1 heteroatoms. The highest BCUT2D eigenvalue weighted by Crippen LogP contribution is 2.02. The average Bonchev–Trinajstić information content (AvgIpc) is 2.17. The van der Waals surface area contributed by atoms with E-state index in [1.807, 2.05) is 36.4 Å². The van der Waals surface area contributed by atoms with Crippen LogP contribution in [-0.4, -0.2) is 11.2 Å². The first-order chi connectivity index (χ1) is 6.33. The Labute approximate surface area is 78.7 Å². The maximum absolute atomic E-state index is 9.28. The van der Waals surface area contributed by atoms with Crippen molar-refractivity contribution < 1.29 is 5.11 Å². The van der Waals surface area contributed by atoms with E-state index < -0.39 is 6.10 Å². The van der Waals surface area contributed by atoms with Crippen LogP contribution < -0.4 is 0 Å². The maximum Gasteiger partial charge on any atom is 0.0833 e. The molecule has 1 N–H and O–H groups in total. The molecule has 0 amide bonds. The van der Waals surface area contributed by atoms with Gasteiger partial charge in [-0.2, -0.15) is 0 Å². The SMILES string of the molecule is C#CCC(O)/C=C/c1ccccc1. The Hall–Kier alpha value is -1.52. The Morgan fingerprint density at radius 2 is 2.08 bits per heavy atom. The Kier molecular flexibility index (Phi) is 3.81.